The molecule has 2 aliphatic heterocycles. The topological polar surface area (TPSA) is 78.7 Å². The zero-order valence-corrected chi connectivity index (χ0v) is 16.6. The maximum atomic E-state index is 14.7. The molecule has 2 aromatic rings. The Hall–Kier alpha value is -2.19. The number of aromatic nitrogens is 2. The Morgan fingerprint density at radius 1 is 1.25 bits per heavy atom. The number of imidazole rings is 1. The number of fused-ring (bicyclic) bond motifs is 1. The molecule has 2 fully saturated rings. The Labute approximate surface area is 167 Å². The van der Waals surface area contributed by atoms with Crippen molar-refractivity contribution in [3.63, 3.8) is 0 Å². The molecule has 2 aliphatic rings. The van der Waals surface area contributed by atoms with Crippen LogP contribution in [-0.2, 0) is 4.79 Å². The largest absolute Gasteiger partial charge is 0.354 e. The van der Waals surface area contributed by atoms with Gasteiger partial charge in [0.05, 0.1) is 5.02 Å². The molecule has 2 saturated heterocycles. The second-order valence-corrected chi connectivity index (χ2v) is 8.84. The molecule has 0 bridgehead atoms. The second-order valence-electron chi connectivity index (χ2n) is 8.40. The number of carbonyl (C=O) groups excluding carboxylic acids is 2. The lowest BCUT2D eigenvalue weighted by Crippen LogP contribution is -2.61. The molecule has 7 nitrogen and oxygen atoms in total. The van der Waals surface area contributed by atoms with Crippen LogP contribution < -0.4 is 10.6 Å². The molecule has 0 unspecified atom stereocenters. The van der Waals surface area contributed by atoms with Gasteiger partial charge in [0.25, 0.3) is 5.91 Å². The van der Waals surface area contributed by atoms with Crippen LogP contribution in [0.1, 0.15) is 37.2 Å². The van der Waals surface area contributed by atoms with E-state index in [0.29, 0.717) is 49.7 Å². The first-order valence-corrected chi connectivity index (χ1v) is 9.74. The lowest BCUT2D eigenvalue weighted by atomic mass is 9.86. The van der Waals surface area contributed by atoms with E-state index in [0.717, 1.165) is 0 Å². The summed E-state index contributed by atoms with van der Waals surface area (Å²) in [5.41, 5.74) is -0.619. The minimum atomic E-state index is -0.727. The standard InChI is InChI=1S/C19H23ClFN5O2/c1-18(2)10-22-17(28)19(23-11-18)5-7-25(8-6-19)16(27)14-15(21)26-9-12(20)3-4-13(26)24-14/h3-4,9,23H,5-8,10-11H2,1-2H3,(H,22,28). The van der Waals surface area contributed by atoms with Crippen molar-refractivity contribution in [1.82, 2.24) is 24.9 Å². The number of halogens is 2. The van der Waals surface area contributed by atoms with Gasteiger partial charge in [-0.3, -0.25) is 14.0 Å². The van der Waals surface area contributed by atoms with Gasteiger partial charge in [-0.1, -0.05) is 25.4 Å². The van der Waals surface area contributed by atoms with E-state index in [1.165, 1.54) is 10.6 Å². The van der Waals surface area contributed by atoms with Crippen molar-refractivity contribution in [1.29, 1.82) is 0 Å². The van der Waals surface area contributed by atoms with Crippen molar-refractivity contribution in [2.24, 2.45) is 5.41 Å². The number of amides is 2. The Morgan fingerprint density at radius 3 is 2.68 bits per heavy atom. The van der Waals surface area contributed by atoms with Crippen molar-refractivity contribution in [2.45, 2.75) is 32.2 Å². The summed E-state index contributed by atoms with van der Waals surface area (Å²) in [6.45, 7) is 6.22. The summed E-state index contributed by atoms with van der Waals surface area (Å²) in [7, 11) is 0. The quantitative estimate of drug-likeness (QED) is 0.756. The maximum Gasteiger partial charge on any atom is 0.277 e. The van der Waals surface area contributed by atoms with E-state index in [-0.39, 0.29) is 17.0 Å². The summed E-state index contributed by atoms with van der Waals surface area (Å²) < 4.78 is 15.9. The lowest BCUT2D eigenvalue weighted by molar-refractivity contribution is -0.128. The summed E-state index contributed by atoms with van der Waals surface area (Å²) in [4.78, 5) is 31.2. The van der Waals surface area contributed by atoms with E-state index in [1.807, 2.05) is 0 Å². The monoisotopic (exact) mass is 407 g/mol. The molecule has 0 atom stereocenters. The van der Waals surface area contributed by atoms with Crippen LogP contribution in [0, 0.1) is 11.4 Å². The third-order valence-corrected chi connectivity index (χ3v) is 5.92. The average molecular weight is 408 g/mol. The molecule has 0 aromatic carbocycles. The van der Waals surface area contributed by atoms with Gasteiger partial charge in [-0.05, 0) is 30.4 Å². The van der Waals surface area contributed by atoms with Crippen LogP contribution >= 0.6 is 11.6 Å². The number of nitrogens with one attached hydrogen (secondary N) is 2. The first-order valence-electron chi connectivity index (χ1n) is 9.37. The summed E-state index contributed by atoms with van der Waals surface area (Å²) in [5.74, 6) is -1.23. The number of nitrogens with zero attached hydrogens (tertiary/aromatic N) is 3. The van der Waals surface area contributed by atoms with Gasteiger partial charge >= 0.3 is 0 Å². The minimum Gasteiger partial charge on any atom is -0.354 e. The lowest BCUT2D eigenvalue weighted by Gasteiger charge is -2.40. The first kappa shape index (κ1) is 19.1. The van der Waals surface area contributed by atoms with Crippen LogP contribution in [0.3, 0.4) is 0 Å². The van der Waals surface area contributed by atoms with Crippen LogP contribution in [0.4, 0.5) is 4.39 Å². The van der Waals surface area contributed by atoms with Gasteiger partial charge in [-0.2, -0.15) is 4.39 Å². The van der Waals surface area contributed by atoms with E-state index in [2.05, 4.69) is 29.5 Å². The zero-order chi connectivity index (χ0) is 20.1. The molecule has 4 heterocycles. The first-order chi connectivity index (χ1) is 13.2. The molecule has 150 valence electrons. The fraction of sp³-hybridized carbons (Fsp3) is 0.526. The van der Waals surface area contributed by atoms with Crippen molar-refractivity contribution in [3.05, 3.63) is 35.0 Å². The summed E-state index contributed by atoms with van der Waals surface area (Å²) in [6, 6.07) is 3.16. The van der Waals surface area contributed by atoms with Crippen LogP contribution in [0.25, 0.3) is 5.65 Å². The molecule has 28 heavy (non-hydrogen) atoms. The molecule has 0 aliphatic carbocycles. The van der Waals surface area contributed by atoms with Gasteiger partial charge in [-0.25, -0.2) is 4.98 Å². The van der Waals surface area contributed by atoms with E-state index < -0.39 is 17.4 Å². The highest BCUT2D eigenvalue weighted by molar-refractivity contribution is 6.30. The normalized spacial score (nSPS) is 21.6. The Kier molecular flexibility index (Phi) is 4.58. The predicted octanol–water partition coefficient (Wildman–Crippen LogP) is 1.85. The zero-order valence-electron chi connectivity index (χ0n) is 15.9. The fourth-order valence-corrected chi connectivity index (χ4v) is 3.97. The highest BCUT2D eigenvalue weighted by Crippen LogP contribution is 2.28. The Bertz CT molecular complexity index is 949. The number of hydrogen-bond donors (Lipinski definition) is 2. The van der Waals surface area contributed by atoms with E-state index in [4.69, 9.17) is 11.6 Å². The Morgan fingerprint density at radius 2 is 1.96 bits per heavy atom. The van der Waals surface area contributed by atoms with Gasteiger partial charge in [0.2, 0.25) is 11.9 Å². The SMILES string of the molecule is CC1(C)CNC(=O)C2(CCN(C(=O)c3nc4ccc(Cl)cn4c3F)CC2)NC1. The van der Waals surface area contributed by atoms with Gasteiger partial charge in [0, 0.05) is 32.4 Å². The summed E-state index contributed by atoms with van der Waals surface area (Å²) in [6.07, 6.45) is 2.34. The van der Waals surface area contributed by atoms with Gasteiger partial charge in [-0.15, -0.1) is 0 Å². The minimum absolute atomic E-state index is 0.0290. The molecule has 0 radical (unpaired) electrons. The number of likely N-dealkylation sites (tertiary alicyclic amines) is 1. The van der Waals surface area contributed by atoms with Crippen molar-refractivity contribution < 1.29 is 14.0 Å². The number of rotatable bonds is 1. The fourth-order valence-electron chi connectivity index (χ4n) is 3.81. The van der Waals surface area contributed by atoms with Crippen LogP contribution in [0.2, 0.25) is 5.02 Å². The highest BCUT2D eigenvalue weighted by Gasteiger charge is 2.45. The van der Waals surface area contributed by atoms with E-state index in [9.17, 15) is 14.0 Å². The van der Waals surface area contributed by atoms with Crippen LogP contribution in [0.5, 0.6) is 0 Å². The number of pyridine rings is 1. The smallest absolute Gasteiger partial charge is 0.277 e. The second kappa shape index (κ2) is 6.70. The number of piperidine rings is 1. The van der Waals surface area contributed by atoms with Crippen LogP contribution in [0.15, 0.2) is 18.3 Å². The highest BCUT2D eigenvalue weighted by atomic mass is 35.5. The van der Waals surface area contributed by atoms with Gasteiger partial charge < -0.3 is 15.5 Å². The Balaban J connectivity index is 1.52. The van der Waals surface area contributed by atoms with E-state index >= 15 is 0 Å². The molecular weight excluding hydrogens is 385 g/mol. The number of carbonyl (C=O) groups is 2. The molecule has 0 saturated carbocycles. The molecule has 1 spiro atoms. The predicted molar refractivity (Wildman–Crippen MR) is 103 cm³/mol. The molecule has 9 heteroatoms. The summed E-state index contributed by atoms with van der Waals surface area (Å²) in [5, 5.41) is 6.78. The maximum absolute atomic E-state index is 14.7. The van der Waals surface area contributed by atoms with E-state index in [1.54, 1.807) is 17.0 Å². The molecule has 2 N–H and O–H groups in total. The third-order valence-electron chi connectivity index (χ3n) is 5.70. The molecule has 2 aromatic heterocycles. The molecular formula is C19H23ClFN5O2. The van der Waals surface area contributed by atoms with Crippen molar-refractivity contribution >= 4 is 29.1 Å². The van der Waals surface area contributed by atoms with Gasteiger partial charge in [0.1, 0.15) is 11.2 Å². The van der Waals surface area contributed by atoms with Gasteiger partial charge in [0.15, 0.2) is 5.69 Å². The number of hydrogen-bond acceptors (Lipinski definition) is 4. The van der Waals surface area contributed by atoms with Crippen molar-refractivity contribution in [3.8, 4) is 0 Å². The summed E-state index contributed by atoms with van der Waals surface area (Å²) >= 11 is 5.90. The van der Waals surface area contributed by atoms with Crippen molar-refractivity contribution in [2.75, 3.05) is 26.2 Å². The van der Waals surface area contributed by atoms with Crippen LogP contribution in [-0.4, -0.2) is 57.8 Å². The molecule has 4 rings (SSSR count). The molecule has 2 amide bonds. The third kappa shape index (κ3) is 3.24. The average Bonchev–Trinajstić information content (AvgIpc) is 2.95.